The van der Waals surface area contributed by atoms with Crippen LogP contribution in [0.2, 0.25) is 0 Å². The van der Waals surface area contributed by atoms with Gasteiger partial charge in [0.05, 0.1) is 7.11 Å². The lowest BCUT2D eigenvalue weighted by Gasteiger charge is -2.36. The number of aliphatic imine (C=N–C) groups is 1. The third kappa shape index (κ3) is 6.95. The van der Waals surface area contributed by atoms with Gasteiger partial charge in [0.25, 0.3) is 0 Å². The number of piperazine rings is 1. The molecule has 0 radical (unpaired) electrons. The third-order valence-corrected chi connectivity index (χ3v) is 5.53. The minimum atomic E-state index is 0.855. The van der Waals surface area contributed by atoms with Gasteiger partial charge in [-0.15, -0.1) is 0 Å². The highest BCUT2D eigenvalue weighted by molar-refractivity contribution is 5.79. The van der Waals surface area contributed by atoms with Crippen LogP contribution in [0.15, 0.2) is 59.6 Å². The summed E-state index contributed by atoms with van der Waals surface area (Å²) in [6, 6.07) is 18.9. The molecule has 0 saturated carbocycles. The number of hydrogen-bond acceptors (Lipinski definition) is 4. The molecule has 1 aliphatic heterocycles. The van der Waals surface area contributed by atoms with Crippen LogP contribution >= 0.6 is 0 Å². The van der Waals surface area contributed by atoms with E-state index >= 15 is 0 Å². The largest absolute Gasteiger partial charge is 0.497 e. The zero-order chi connectivity index (χ0) is 21.0. The first kappa shape index (κ1) is 22.0. The van der Waals surface area contributed by atoms with Crippen LogP contribution in [0.3, 0.4) is 0 Å². The zero-order valence-corrected chi connectivity index (χ0v) is 18.3. The van der Waals surface area contributed by atoms with E-state index in [1.165, 1.54) is 11.3 Å². The summed E-state index contributed by atoms with van der Waals surface area (Å²) in [5, 5.41) is 6.83. The molecule has 0 aliphatic carbocycles. The van der Waals surface area contributed by atoms with Gasteiger partial charge in [-0.1, -0.05) is 30.3 Å². The highest BCUT2D eigenvalue weighted by Gasteiger charge is 2.16. The average molecular weight is 410 g/mol. The second-order valence-corrected chi connectivity index (χ2v) is 7.54. The van der Waals surface area contributed by atoms with Gasteiger partial charge in [0.1, 0.15) is 5.75 Å². The molecule has 30 heavy (non-hydrogen) atoms. The molecular formula is C24H35N5O. The second-order valence-electron chi connectivity index (χ2n) is 7.54. The number of para-hydroxylation sites is 1. The van der Waals surface area contributed by atoms with E-state index in [1.54, 1.807) is 7.11 Å². The summed E-state index contributed by atoms with van der Waals surface area (Å²) in [5.41, 5.74) is 2.62. The summed E-state index contributed by atoms with van der Waals surface area (Å²) in [6.07, 6.45) is 2.07. The lowest BCUT2D eigenvalue weighted by Crippen LogP contribution is -2.47. The van der Waals surface area contributed by atoms with E-state index in [9.17, 15) is 0 Å². The quantitative estimate of drug-likeness (QED) is 0.379. The molecule has 1 fully saturated rings. The molecule has 2 aromatic rings. The maximum atomic E-state index is 5.20. The van der Waals surface area contributed by atoms with Gasteiger partial charge >= 0.3 is 0 Å². The number of ether oxygens (including phenoxy) is 1. The standard InChI is InChI=1S/C24H35N5O/c1-25-24(27-15-13-21-9-11-23(30-2)12-10-21)26-14-6-16-28-17-19-29(20-18-28)22-7-4-3-5-8-22/h3-5,7-12H,6,13-20H2,1-2H3,(H2,25,26,27). The number of benzene rings is 2. The van der Waals surface area contributed by atoms with Gasteiger partial charge in [0.2, 0.25) is 0 Å². The molecule has 0 atom stereocenters. The maximum absolute atomic E-state index is 5.20. The van der Waals surface area contributed by atoms with E-state index < -0.39 is 0 Å². The highest BCUT2D eigenvalue weighted by Crippen LogP contribution is 2.15. The summed E-state index contributed by atoms with van der Waals surface area (Å²) < 4.78 is 5.20. The number of rotatable bonds is 9. The van der Waals surface area contributed by atoms with Crippen LogP contribution in [0.25, 0.3) is 0 Å². The minimum Gasteiger partial charge on any atom is -0.497 e. The highest BCUT2D eigenvalue weighted by atomic mass is 16.5. The molecule has 6 heteroatoms. The monoisotopic (exact) mass is 409 g/mol. The van der Waals surface area contributed by atoms with Gasteiger partial charge in [-0.3, -0.25) is 9.89 Å². The van der Waals surface area contributed by atoms with E-state index in [4.69, 9.17) is 4.74 Å². The lowest BCUT2D eigenvalue weighted by atomic mass is 10.1. The van der Waals surface area contributed by atoms with Crippen LogP contribution in [0.1, 0.15) is 12.0 Å². The van der Waals surface area contributed by atoms with Crippen molar-refractivity contribution < 1.29 is 4.74 Å². The molecule has 0 amide bonds. The van der Waals surface area contributed by atoms with Gasteiger partial charge in [0.15, 0.2) is 5.96 Å². The second kappa shape index (κ2) is 12.1. The fourth-order valence-corrected chi connectivity index (χ4v) is 3.72. The number of anilines is 1. The molecule has 0 unspecified atom stereocenters. The van der Waals surface area contributed by atoms with E-state index in [-0.39, 0.29) is 0 Å². The van der Waals surface area contributed by atoms with E-state index in [0.29, 0.717) is 0 Å². The first-order valence-electron chi connectivity index (χ1n) is 10.9. The van der Waals surface area contributed by atoms with Crippen molar-refractivity contribution in [2.45, 2.75) is 12.8 Å². The topological polar surface area (TPSA) is 52.1 Å². The molecule has 0 aromatic heterocycles. The Morgan fingerprint density at radius 3 is 2.30 bits per heavy atom. The van der Waals surface area contributed by atoms with Crippen molar-refractivity contribution in [1.82, 2.24) is 15.5 Å². The Bertz CT molecular complexity index is 755. The van der Waals surface area contributed by atoms with E-state index in [1.807, 2.05) is 19.2 Å². The first-order chi connectivity index (χ1) is 14.8. The van der Waals surface area contributed by atoms with Gasteiger partial charge in [-0.2, -0.15) is 0 Å². The SMILES string of the molecule is CN=C(NCCCN1CCN(c2ccccc2)CC1)NCCc1ccc(OC)cc1. The number of methoxy groups -OCH3 is 1. The number of hydrogen-bond donors (Lipinski definition) is 2. The average Bonchev–Trinajstić information content (AvgIpc) is 2.82. The Kier molecular flexibility index (Phi) is 8.84. The minimum absolute atomic E-state index is 0.855. The van der Waals surface area contributed by atoms with Crippen molar-refractivity contribution in [3.05, 3.63) is 60.2 Å². The molecule has 2 aromatic carbocycles. The molecule has 2 N–H and O–H groups in total. The van der Waals surface area contributed by atoms with Crippen LogP contribution in [-0.2, 0) is 6.42 Å². The van der Waals surface area contributed by atoms with Crippen molar-refractivity contribution in [1.29, 1.82) is 0 Å². The van der Waals surface area contributed by atoms with Crippen molar-refractivity contribution in [2.75, 3.05) is 64.9 Å². The summed E-state index contributed by atoms with van der Waals surface area (Å²) >= 11 is 0. The zero-order valence-electron chi connectivity index (χ0n) is 18.3. The van der Waals surface area contributed by atoms with Crippen LogP contribution in [0.5, 0.6) is 5.75 Å². The summed E-state index contributed by atoms with van der Waals surface area (Å²) in [4.78, 5) is 9.36. The third-order valence-electron chi connectivity index (χ3n) is 5.53. The Morgan fingerprint density at radius 1 is 0.933 bits per heavy atom. The first-order valence-corrected chi connectivity index (χ1v) is 10.9. The normalized spacial score (nSPS) is 15.1. The summed E-state index contributed by atoms with van der Waals surface area (Å²) in [5.74, 6) is 1.77. The molecule has 0 bridgehead atoms. The van der Waals surface area contributed by atoms with Gasteiger partial charge in [-0.05, 0) is 49.2 Å². The van der Waals surface area contributed by atoms with Crippen molar-refractivity contribution >= 4 is 11.6 Å². The molecule has 1 saturated heterocycles. The van der Waals surface area contributed by atoms with Crippen molar-refractivity contribution in [3.63, 3.8) is 0 Å². The molecule has 1 aliphatic rings. The Labute approximate surface area is 180 Å². The molecular weight excluding hydrogens is 374 g/mol. The smallest absolute Gasteiger partial charge is 0.190 e. The van der Waals surface area contributed by atoms with Crippen molar-refractivity contribution in [3.8, 4) is 5.75 Å². The maximum Gasteiger partial charge on any atom is 0.190 e. The van der Waals surface area contributed by atoms with E-state index in [0.717, 1.165) is 70.4 Å². The molecule has 162 valence electrons. The van der Waals surface area contributed by atoms with Gasteiger partial charge in [0, 0.05) is 52.0 Å². The van der Waals surface area contributed by atoms with Crippen LogP contribution < -0.4 is 20.3 Å². The lowest BCUT2D eigenvalue weighted by molar-refractivity contribution is 0.255. The Hall–Kier alpha value is -2.73. The molecule has 1 heterocycles. The van der Waals surface area contributed by atoms with Crippen LogP contribution in [0.4, 0.5) is 5.69 Å². The fourth-order valence-electron chi connectivity index (χ4n) is 3.72. The summed E-state index contributed by atoms with van der Waals surface area (Å²) in [7, 11) is 3.52. The number of nitrogens with zero attached hydrogens (tertiary/aromatic N) is 3. The van der Waals surface area contributed by atoms with Gasteiger partial charge in [-0.25, -0.2) is 0 Å². The summed E-state index contributed by atoms with van der Waals surface area (Å²) in [6.45, 7) is 7.37. The Balaban J connectivity index is 1.27. The molecule has 6 nitrogen and oxygen atoms in total. The van der Waals surface area contributed by atoms with Crippen LogP contribution in [-0.4, -0.2) is 70.8 Å². The molecule has 0 spiro atoms. The molecule has 3 rings (SSSR count). The predicted octanol–water partition coefficient (Wildman–Crippen LogP) is 2.62. The van der Waals surface area contributed by atoms with E-state index in [2.05, 4.69) is 67.9 Å². The number of nitrogens with one attached hydrogen (secondary N) is 2. The van der Waals surface area contributed by atoms with Gasteiger partial charge < -0.3 is 20.3 Å². The Morgan fingerprint density at radius 2 is 1.63 bits per heavy atom. The van der Waals surface area contributed by atoms with Crippen molar-refractivity contribution in [2.24, 2.45) is 4.99 Å². The predicted molar refractivity (Wildman–Crippen MR) is 126 cm³/mol. The fraction of sp³-hybridized carbons (Fsp3) is 0.458. The van der Waals surface area contributed by atoms with Crippen LogP contribution in [0, 0.1) is 0 Å². The number of guanidine groups is 1.